The molecule has 170 valence electrons. The molecule has 1 N–H and O–H groups in total. The van der Waals surface area contributed by atoms with Gasteiger partial charge in [0.05, 0.1) is 35.0 Å². The van der Waals surface area contributed by atoms with Crippen LogP contribution < -0.4 is 4.74 Å². The lowest BCUT2D eigenvalue weighted by molar-refractivity contribution is -0.384. The average Bonchev–Trinajstić information content (AvgIpc) is 3.57. The quantitative estimate of drug-likeness (QED) is 0.310. The zero-order chi connectivity index (χ0) is 23.8. The van der Waals surface area contributed by atoms with Gasteiger partial charge in [0.15, 0.2) is 16.6 Å². The Bertz CT molecular complexity index is 1420. The van der Waals surface area contributed by atoms with Gasteiger partial charge < -0.3 is 13.6 Å². The second kappa shape index (κ2) is 8.48. The highest BCUT2D eigenvalue weighted by atomic mass is 32.2. The van der Waals surface area contributed by atoms with Crippen LogP contribution in [0.15, 0.2) is 73.2 Å². The number of thioether (sulfide) groups is 1. The topological polar surface area (TPSA) is 148 Å². The number of hydrazone groups is 1. The number of nitrogens with one attached hydrogen (secondary N) is 1. The third-order valence-corrected chi connectivity index (χ3v) is 5.77. The van der Waals surface area contributed by atoms with Crippen LogP contribution in [0.5, 0.6) is 5.75 Å². The first-order valence-electron chi connectivity index (χ1n) is 10.00. The summed E-state index contributed by atoms with van der Waals surface area (Å²) in [5.41, 5.74) is 0.0482. The lowest BCUT2D eigenvalue weighted by Gasteiger charge is -2.19. The predicted octanol–water partition coefficient (Wildman–Crippen LogP) is 4.51. The van der Waals surface area contributed by atoms with Gasteiger partial charge in [-0.25, -0.2) is 0 Å². The Morgan fingerprint density at radius 3 is 2.85 bits per heavy atom. The molecular weight excluding hydrogens is 462 g/mol. The fourth-order valence-corrected chi connectivity index (χ4v) is 4.20. The Hall–Kier alpha value is -4.45. The fourth-order valence-electron chi connectivity index (χ4n) is 3.34. The van der Waals surface area contributed by atoms with Crippen LogP contribution in [-0.4, -0.2) is 38.5 Å². The van der Waals surface area contributed by atoms with Crippen LogP contribution in [0.4, 0.5) is 5.69 Å². The van der Waals surface area contributed by atoms with Gasteiger partial charge in [-0.3, -0.25) is 20.3 Å². The van der Waals surface area contributed by atoms with Crippen molar-refractivity contribution in [3.8, 4) is 17.1 Å². The molecule has 0 spiro atoms. The highest BCUT2D eigenvalue weighted by molar-refractivity contribution is 8.27. The van der Waals surface area contributed by atoms with Crippen molar-refractivity contribution in [2.45, 2.75) is 6.92 Å². The SMILES string of the molecule is CCOc1ccc(-c2ccc(/C=C3/C(=N)N4N=C(c5ccco5)SC4=NC3=O)o2)c([N+](=O)[O-])c1. The first kappa shape index (κ1) is 21.4. The van der Waals surface area contributed by atoms with Crippen LogP contribution in [0.2, 0.25) is 0 Å². The van der Waals surface area contributed by atoms with Crippen molar-refractivity contribution >= 4 is 45.5 Å². The monoisotopic (exact) mass is 477 g/mol. The van der Waals surface area contributed by atoms with E-state index in [0.29, 0.717) is 23.2 Å². The molecule has 0 aliphatic carbocycles. The van der Waals surface area contributed by atoms with Crippen LogP contribution >= 0.6 is 11.8 Å². The smallest absolute Gasteiger partial charge is 0.284 e. The molecule has 1 aromatic carbocycles. The van der Waals surface area contributed by atoms with Crippen LogP contribution in [0.3, 0.4) is 0 Å². The molecule has 0 fully saturated rings. The molecule has 2 aliphatic rings. The number of benzene rings is 1. The molecular formula is C22H15N5O6S. The third-order valence-electron chi connectivity index (χ3n) is 4.84. The number of carbonyl (C=O) groups is 1. The van der Waals surface area contributed by atoms with E-state index in [0.717, 1.165) is 11.8 Å². The molecule has 0 bridgehead atoms. The van der Waals surface area contributed by atoms with Gasteiger partial charge >= 0.3 is 0 Å². The normalized spacial score (nSPS) is 16.5. The van der Waals surface area contributed by atoms with Gasteiger partial charge in [-0.15, -0.1) is 0 Å². The Morgan fingerprint density at radius 2 is 2.12 bits per heavy atom. The number of hydrogen-bond donors (Lipinski definition) is 1. The minimum absolute atomic E-state index is 0.0316. The maximum absolute atomic E-state index is 12.6. The molecule has 11 nitrogen and oxygen atoms in total. The van der Waals surface area contributed by atoms with Crippen LogP contribution in [0.25, 0.3) is 17.4 Å². The highest BCUT2D eigenvalue weighted by Gasteiger charge is 2.37. The van der Waals surface area contributed by atoms with E-state index in [1.165, 1.54) is 29.5 Å². The predicted molar refractivity (Wildman–Crippen MR) is 125 cm³/mol. The van der Waals surface area contributed by atoms with Gasteiger partial charge in [0.25, 0.3) is 11.6 Å². The van der Waals surface area contributed by atoms with E-state index in [1.54, 1.807) is 37.3 Å². The summed E-state index contributed by atoms with van der Waals surface area (Å²) < 4.78 is 16.4. The van der Waals surface area contributed by atoms with Crippen molar-refractivity contribution in [2.75, 3.05) is 6.61 Å². The van der Waals surface area contributed by atoms with Crippen molar-refractivity contribution < 1.29 is 23.3 Å². The molecule has 0 unspecified atom stereocenters. The summed E-state index contributed by atoms with van der Waals surface area (Å²) in [6, 6.07) is 11.0. The minimum Gasteiger partial charge on any atom is -0.494 e. The van der Waals surface area contributed by atoms with Gasteiger partial charge in [-0.2, -0.15) is 15.1 Å². The Morgan fingerprint density at radius 1 is 1.26 bits per heavy atom. The summed E-state index contributed by atoms with van der Waals surface area (Å²) in [5, 5.41) is 26.3. The lowest BCUT2D eigenvalue weighted by Crippen LogP contribution is -2.35. The summed E-state index contributed by atoms with van der Waals surface area (Å²) >= 11 is 1.12. The van der Waals surface area contributed by atoms with Crippen molar-refractivity contribution in [3.05, 3.63) is 75.9 Å². The molecule has 1 amide bonds. The first-order valence-corrected chi connectivity index (χ1v) is 10.8. The number of ether oxygens (including phenoxy) is 1. The van der Waals surface area contributed by atoms with Gasteiger partial charge in [-0.05, 0) is 61.2 Å². The summed E-state index contributed by atoms with van der Waals surface area (Å²) in [4.78, 5) is 27.7. The Labute approximate surface area is 196 Å². The number of amidine groups is 2. The number of aliphatic imine (C=N–C) groups is 1. The van der Waals surface area contributed by atoms with Gasteiger partial charge in [0, 0.05) is 0 Å². The van der Waals surface area contributed by atoms with Crippen LogP contribution in [-0.2, 0) is 4.79 Å². The van der Waals surface area contributed by atoms with Crippen molar-refractivity contribution in [1.29, 1.82) is 5.41 Å². The Kier molecular flexibility index (Phi) is 5.34. The van der Waals surface area contributed by atoms with E-state index in [9.17, 15) is 14.9 Å². The number of nitro groups is 1. The zero-order valence-electron chi connectivity index (χ0n) is 17.5. The van der Waals surface area contributed by atoms with Gasteiger partial charge in [-0.1, -0.05) is 0 Å². The fraction of sp³-hybridized carbons (Fsp3) is 0.0909. The Balaban J connectivity index is 1.45. The molecule has 2 aliphatic heterocycles. The summed E-state index contributed by atoms with van der Waals surface area (Å²) in [5.74, 6) is 0.543. The maximum Gasteiger partial charge on any atom is 0.284 e. The number of nitrogens with zero attached hydrogens (tertiary/aromatic N) is 4. The van der Waals surface area contributed by atoms with Crippen LogP contribution in [0, 0.1) is 15.5 Å². The second-order valence-electron chi connectivity index (χ2n) is 6.97. The lowest BCUT2D eigenvalue weighted by atomic mass is 10.1. The number of nitro benzene ring substituents is 1. The summed E-state index contributed by atoms with van der Waals surface area (Å²) in [6.45, 7) is 2.16. The van der Waals surface area contributed by atoms with E-state index >= 15 is 0 Å². The first-order chi connectivity index (χ1) is 16.4. The van der Waals surface area contributed by atoms with Crippen molar-refractivity contribution in [1.82, 2.24) is 5.01 Å². The molecule has 0 saturated heterocycles. The van der Waals surface area contributed by atoms with Crippen molar-refractivity contribution in [2.24, 2.45) is 10.1 Å². The van der Waals surface area contributed by atoms with E-state index in [4.69, 9.17) is 19.0 Å². The molecule has 0 atom stereocenters. The highest BCUT2D eigenvalue weighted by Crippen LogP contribution is 2.35. The zero-order valence-corrected chi connectivity index (χ0v) is 18.4. The van der Waals surface area contributed by atoms with Crippen LogP contribution in [0.1, 0.15) is 18.4 Å². The maximum atomic E-state index is 12.6. The molecule has 4 heterocycles. The second-order valence-corrected chi connectivity index (χ2v) is 7.93. The molecule has 3 aromatic rings. The number of fused-ring (bicyclic) bond motifs is 1. The number of amides is 1. The van der Waals surface area contributed by atoms with E-state index in [-0.39, 0.29) is 39.3 Å². The minimum atomic E-state index is -0.621. The third kappa shape index (κ3) is 3.79. The molecule has 0 radical (unpaired) electrons. The summed E-state index contributed by atoms with van der Waals surface area (Å²) in [6.07, 6.45) is 2.86. The van der Waals surface area contributed by atoms with E-state index in [1.807, 2.05) is 0 Å². The molecule has 0 saturated carbocycles. The van der Waals surface area contributed by atoms with Gasteiger partial charge in [0.2, 0.25) is 5.17 Å². The number of carbonyl (C=O) groups excluding carboxylic acids is 1. The summed E-state index contributed by atoms with van der Waals surface area (Å²) in [7, 11) is 0. The molecule has 2 aromatic heterocycles. The number of rotatable bonds is 6. The number of furan rings is 2. The largest absolute Gasteiger partial charge is 0.494 e. The molecule has 34 heavy (non-hydrogen) atoms. The van der Waals surface area contributed by atoms with Crippen molar-refractivity contribution in [3.63, 3.8) is 0 Å². The number of hydrogen-bond acceptors (Lipinski definition) is 9. The molecule has 12 heteroatoms. The average molecular weight is 477 g/mol. The van der Waals surface area contributed by atoms with E-state index in [2.05, 4.69) is 10.1 Å². The van der Waals surface area contributed by atoms with Gasteiger partial charge in [0.1, 0.15) is 17.3 Å². The molecule has 5 rings (SSSR count). The van der Waals surface area contributed by atoms with E-state index < -0.39 is 10.8 Å². The standard InChI is InChI=1S/C22H15N5O6S/c1-2-31-12-5-7-14(16(11-12)27(29)30)17-8-6-13(33-17)10-15-19(23)26-22(24-20(15)28)34-21(25-26)18-4-3-9-32-18/h3-11,23H,2H2,1H3/b15-10-,23-19?.